The number of hydrogen-bond acceptors (Lipinski definition) is 4. The van der Waals surface area contributed by atoms with Crippen LogP contribution in [0, 0.1) is 0 Å². The van der Waals surface area contributed by atoms with Gasteiger partial charge in [-0.25, -0.2) is 9.67 Å². The fourth-order valence-electron chi connectivity index (χ4n) is 2.98. The maximum Gasteiger partial charge on any atom is 0.254 e. The van der Waals surface area contributed by atoms with Crippen molar-refractivity contribution < 1.29 is 9.53 Å². The van der Waals surface area contributed by atoms with Crippen molar-refractivity contribution in [3.8, 4) is 11.6 Å². The zero-order valence-electron chi connectivity index (χ0n) is 13.7. The number of nitrogens with zero attached hydrogens (tertiary/aromatic N) is 4. The lowest BCUT2D eigenvalue weighted by atomic mass is 10.2. The molecule has 1 fully saturated rings. The summed E-state index contributed by atoms with van der Waals surface area (Å²) >= 11 is 0. The van der Waals surface area contributed by atoms with Gasteiger partial charge in [0, 0.05) is 43.2 Å². The highest BCUT2D eigenvalue weighted by atomic mass is 16.5. The van der Waals surface area contributed by atoms with Gasteiger partial charge in [-0.2, -0.15) is 5.10 Å². The summed E-state index contributed by atoms with van der Waals surface area (Å²) in [5, 5.41) is 4.21. The summed E-state index contributed by atoms with van der Waals surface area (Å²) in [6, 6.07) is 14.9. The molecular formula is C19H18N4O2. The average molecular weight is 334 g/mol. The maximum atomic E-state index is 12.8. The lowest BCUT2D eigenvalue weighted by Gasteiger charge is -2.17. The standard InChI is InChI=1S/C19H18N4O2/c24-19(15-5-3-6-16(13-15)23-11-4-10-21-23)22-12-8-17(14-22)25-18-7-1-2-9-20-18/h1-7,9-11,13,17H,8,12,14H2. The maximum absolute atomic E-state index is 12.8. The van der Waals surface area contributed by atoms with Gasteiger partial charge < -0.3 is 9.64 Å². The van der Waals surface area contributed by atoms with Crippen LogP contribution in [0.25, 0.3) is 5.69 Å². The normalized spacial score (nSPS) is 16.8. The molecule has 1 aromatic carbocycles. The van der Waals surface area contributed by atoms with Gasteiger partial charge in [-0.15, -0.1) is 0 Å². The van der Waals surface area contributed by atoms with Crippen LogP contribution in [0.5, 0.6) is 5.88 Å². The second kappa shape index (κ2) is 6.76. The van der Waals surface area contributed by atoms with E-state index in [-0.39, 0.29) is 12.0 Å². The fraction of sp³-hybridized carbons (Fsp3) is 0.211. The third kappa shape index (κ3) is 3.38. The highest BCUT2D eigenvalue weighted by molar-refractivity contribution is 5.95. The van der Waals surface area contributed by atoms with Crippen molar-refractivity contribution in [1.82, 2.24) is 19.7 Å². The van der Waals surface area contributed by atoms with Crippen LogP contribution >= 0.6 is 0 Å². The number of amides is 1. The van der Waals surface area contributed by atoms with Crippen molar-refractivity contribution >= 4 is 5.91 Å². The Bertz CT molecular complexity index is 849. The molecule has 6 nitrogen and oxygen atoms in total. The molecule has 0 N–H and O–H groups in total. The second-order valence-corrected chi connectivity index (χ2v) is 5.95. The van der Waals surface area contributed by atoms with Gasteiger partial charge in [-0.3, -0.25) is 4.79 Å². The van der Waals surface area contributed by atoms with E-state index in [9.17, 15) is 4.79 Å². The minimum atomic E-state index is -0.0202. The first-order valence-corrected chi connectivity index (χ1v) is 8.27. The van der Waals surface area contributed by atoms with Crippen molar-refractivity contribution in [2.24, 2.45) is 0 Å². The van der Waals surface area contributed by atoms with Crippen molar-refractivity contribution in [3.63, 3.8) is 0 Å². The Morgan fingerprint density at radius 2 is 2.08 bits per heavy atom. The van der Waals surface area contributed by atoms with Crippen LogP contribution < -0.4 is 4.74 Å². The zero-order valence-corrected chi connectivity index (χ0v) is 13.7. The molecular weight excluding hydrogens is 316 g/mol. The number of ether oxygens (including phenoxy) is 1. The summed E-state index contributed by atoms with van der Waals surface area (Å²) in [6.45, 7) is 1.25. The number of benzene rings is 1. The molecule has 126 valence electrons. The van der Waals surface area contributed by atoms with Gasteiger partial charge in [0.05, 0.1) is 12.2 Å². The number of carbonyl (C=O) groups is 1. The van der Waals surface area contributed by atoms with E-state index in [0.29, 0.717) is 24.5 Å². The van der Waals surface area contributed by atoms with E-state index >= 15 is 0 Å². The predicted octanol–water partition coefficient (Wildman–Crippen LogP) is 2.56. The van der Waals surface area contributed by atoms with E-state index in [4.69, 9.17) is 4.74 Å². The first-order valence-electron chi connectivity index (χ1n) is 8.27. The van der Waals surface area contributed by atoms with Crippen LogP contribution in [0.4, 0.5) is 0 Å². The number of aromatic nitrogens is 3. The van der Waals surface area contributed by atoms with Crippen molar-refractivity contribution in [2.45, 2.75) is 12.5 Å². The first-order chi connectivity index (χ1) is 12.3. The summed E-state index contributed by atoms with van der Waals surface area (Å²) in [6.07, 6.45) is 6.06. The molecule has 0 saturated carbocycles. The molecule has 3 heterocycles. The van der Waals surface area contributed by atoms with Gasteiger partial charge in [-0.1, -0.05) is 12.1 Å². The number of likely N-dealkylation sites (tertiary alicyclic amines) is 1. The fourth-order valence-corrected chi connectivity index (χ4v) is 2.98. The smallest absolute Gasteiger partial charge is 0.254 e. The monoisotopic (exact) mass is 334 g/mol. The molecule has 0 bridgehead atoms. The van der Waals surface area contributed by atoms with Crippen LogP contribution in [0.3, 0.4) is 0 Å². The summed E-state index contributed by atoms with van der Waals surface area (Å²) in [7, 11) is 0. The van der Waals surface area contributed by atoms with Crippen LogP contribution in [0.2, 0.25) is 0 Å². The van der Waals surface area contributed by atoms with Gasteiger partial charge >= 0.3 is 0 Å². The molecule has 3 aromatic rings. The van der Waals surface area contributed by atoms with Gasteiger partial charge in [0.1, 0.15) is 6.10 Å². The Labute approximate surface area is 145 Å². The summed E-state index contributed by atoms with van der Waals surface area (Å²) < 4.78 is 7.60. The Kier molecular flexibility index (Phi) is 4.16. The van der Waals surface area contributed by atoms with E-state index in [1.165, 1.54) is 0 Å². The molecule has 0 aliphatic carbocycles. The highest BCUT2D eigenvalue weighted by Gasteiger charge is 2.28. The molecule has 1 unspecified atom stereocenters. The number of pyridine rings is 1. The number of carbonyl (C=O) groups excluding carboxylic acids is 1. The van der Waals surface area contributed by atoms with Crippen LogP contribution in [-0.4, -0.2) is 44.8 Å². The summed E-state index contributed by atoms with van der Waals surface area (Å²) in [5.41, 5.74) is 1.53. The van der Waals surface area contributed by atoms with Crippen molar-refractivity contribution in [3.05, 3.63) is 72.7 Å². The van der Waals surface area contributed by atoms with E-state index in [1.807, 2.05) is 59.6 Å². The predicted molar refractivity (Wildman–Crippen MR) is 92.7 cm³/mol. The SMILES string of the molecule is O=C(c1cccc(-n2cccn2)c1)N1CCC(Oc2ccccn2)C1. The van der Waals surface area contributed by atoms with Gasteiger partial charge in [-0.05, 0) is 30.3 Å². The Hall–Kier alpha value is -3.15. The quantitative estimate of drug-likeness (QED) is 0.736. The topological polar surface area (TPSA) is 60.2 Å². The third-order valence-corrected chi connectivity index (χ3v) is 4.22. The molecule has 2 aromatic heterocycles. The summed E-state index contributed by atoms with van der Waals surface area (Å²) in [5.74, 6) is 0.614. The summed E-state index contributed by atoms with van der Waals surface area (Å²) in [4.78, 5) is 18.8. The average Bonchev–Trinajstić information content (AvgIpc) is 3.34. The lowest BCUT2D eigenvalue weighted by molar-refractivity contribution is 0.0771. The third-order valence-electron chi connectivity index (χ3n) is 4.22. The van der Waals surface area contributed by atoms with Crippen LogP contribution in [0.15, 0.2) is 67.1 Å². The number of rotatable bonds is 4. The van der Waals surface area contributed by atoms with Gasteiger partial charge in [0.15, 0.2) is 0 Å². The molecule has 1 aliphatic rings. The minimum absolute atomic E-state index is 0.0149. The van der Waals surface area contributed by atoms with Gasteiger partial charge in [0.2, 0.25) is 5.88 Å². The van der Waals surface area contributed by atoms with Gasteiger partial charge in [0.25, 0.3) is 5.91 Å². The number of hydrogen-bond donors (Lipinski definition) is 0. The van der Waals surface area contributed by atoms with E-state index in [0.717, 1.165) is 12.1 Å². The van der Waals surface area contributed by atoms with E-state index < -0.39 is 0 Å². The first kappa shape index (κ1) is 15.4. The molecule has 6 heteroatoms. The largest absolute Gasteiger partial charge is 0.472 e. The lowest BCUT2D eigenvalue weighted by Crippen LogP contribution is -2.31. The Balaban J connectivity index is 1.44. The Morgan fingerprint density at radius 1 is 1.12 bits per heavy atom. The van der Waals surface area contributed by atoms with Crippen molar-refractivity contribution in [1.29, 1.82) is 0 Å². The molecule has 4 rings (SSSR count). The van der Waals surface area contributed by atoms with E-state index in [2.05, 4.69) is 10.1 Å². The molecule has 1 atom stereocenters. The molecule has 0 radical (unpaired) electrons. The molecule has 0 spiro atoms. The molecule has 1 aliphatic heterocycles. The van der Waals surface area contributed by atoms with Crippen molar-refractivity contribution in [2.75, 3.05) is 13.1 Å². The molecule has 25 heavy (non-hydrogen) atoms. The minimum Gasteiger partial charge on any atom is -0.472 e. The van der Waals surface area contributed by atoms with Crippen LogP contribution in [-0.2, 0) is 0 Å². The van der Waals surface area contributed by atoms with E-state index in [1.54, 1.807) is 17.1 Å². The molecule has 1 amide bonds. The molecule has 1 saturated heterocycles. The second-order valence-electron chi connectivity index (χ2n) is 5.95. The Morgan fingerprint density at radius 3 is 2.88 bits per heavy atom. The highest BCUT2D eigenvalue weighted by Crippen LogP contribution is 2.19. The van der Waals surface area contributed by atoms with Crippen LogP contribution in [0.1, 0.15) is 16.8 Å². The zero-order chi connectivity index (χ0) is 17.1.